The van der Waals surface area contributed by atoms with Crippen molar-refractivity contribution in [2.24, 2.45) is 5.73 Å². The van der Waals surface area contributed by atoms with Crippen LogP contribution in [-0.2, 0) is 15.7 Å². The van der Waals surface area contributed by atoms with Crippen LogP contribution >= 0.6 is 11.8 Å². The number of alkyl halides is 3. The molecule has 1 aromatic carbocycles. The Morgan fingerprint density at radius 3 is 2.39 bits per heavy atom. The SMILES string of the molecule is CC(C)N(C(=O)c1cc2c(cc1C(F)(F)F)SC1(CCCC1)C(=O)N2CCN)[C@@H]1CCCN(C(=O)OC(C)(C)C)C1. The third-order valence-electron chi connectivity index (χ3n) is 7.86. The number of amides is 3. The van der Waals surface area contributed by atoms with Crippen molar-refractivity contribution in [3.05, 3.63) is 23.3 Å². The number of nitrogens with two attached hydrogens (primary N) is 1. The molecule has 1 aliphatic carbocycles. The molecular formula is C29H41F3N4O4S. The van der Waals surface area contributed by atoms with Gasteiger partial charge in [-0.15, -0.1) is 11.8 Å². The van der Waals surface area contributed by atoms with Gasteiger partial charge in [0.2, 0.25) is 5.91 Å². The van der Waals surface area contributed by atoms with E-state index >= 15 is 0 Å². The molecule has 0 radical (unpaired) electrons. The highest BCUT2D eigenvalue weighted by atomic mass is 32.2. The number of halogens is 3. The third kappa shape index (κ3) is 6.48. The number of carbonyl (C=O) groups excluding carboxylic acids is 3. The van der Waals surface area contributed by atoms with Gasteiger partial charge < -0.3 is 25.2 Å². The van der Waals surface area contributed by atoms with E-state index in [0.29, 0.717) is 42.8 Å². The summed E-state index contributed by atoms with van der Waals surface area (Å²) in [5, 5.41) is 0. The summed E-state index contributed by atoms with van der Waals surface area (Å²) in [6.45, 7) is 9.66. The number of carbonyl (C=O) groups is 3. The van der Waals surface area contributed by atoms with Crippen LogP contribution < -0.4 is 10.6 Å². The Hall–Kier alpha value is -2.47. The normalized spacial score (nSPS) is 20.9. The number of anilines is 1. The second kappa shape index (κ2) is 11.7. The highest BCUT2D eigenvalue weighted by Crippen LogP contribution is 2.54. The number of nitrogens with zero attached hydrogens (tertiary/aromatic N) is 3. The molecule has 3 aliphatic rings. The zero-order valence-electron chi connectivity index (χ0n) is 24.5. The smallest absolute Gasteiger partial charge is 0.417 e. The molecule has 8 nitrogen and oxygen atoms in total. The molecule has 3 amide bonds. The summed E-state index contributed by atoms with van der Waals surface area (Å²) in [6, 6.07) is 1.32. The fraction of sp³-hybridized carbons (Fsp3) is 0.690. The van der Waals surface area contributed by atoms with Crippen LogP contribution in [0.15, 0.2) is 17.0 Å². The lowest BCUT2D eigenvalue weighted by molar-refractivity contribution is -0.138. The summed E-state index contributed by atoms with van der Waals surface area (Å²) in [7, 11) is 0. The molecule has 4 rings (SSSR count). The molecule has 41 heavy (non-hydrogen) atoms. The van der Waals surface area contributed by atoms with Gasteiger partial charge in [-0.2, -0.15) is 13.2 Å². The highest BCUT2D eigenvalue weighted by Gasteiger charge is 2.50. The predicted octanol–water partition coefficient (Wildman–Crippen LogP) is 5.67. The number of benzene rings is 1. The average Bonchev–Trinajstić information content (AvgIpc) is 3.34. The quantitative estimate of drug-likeness (QED) is 0.470. The zero-order chi connectivity index (χ0) is 30.3. The standard InChI is InChI=1S/C29H41F3N4O4S/c1-18(2)36(19-9-8-13-34(17-19)26(39)40-27(3,4)5)24(37)20-15-22-23(16-21(20)29(30,31)32)41-28(10-6-7-11-28)25(38)35(22)14-12-33/h15-16,18-19H,6-14,17,33H2,1-5H3/t19-/m1/s1. The summed E-state index contributed by atoms with van der Waals surface area (Å²) in [5.74, 6) is -0.936. The molecule has 0 unspecified atom stereocenters. The maximum absolute atomic E-state index is 14.6. The molecule has 1 saturated heterocycles. The van der Waals surface area contributed by atoms with Crippen LogP contribution in [-0.4, -0.2) is 76.3 Å². The van der Waals surface area contributed by atoms with E-state index in [4.69, 9.17) is 10.5 Å². The summed E-state index contributed by atoms with van der Waals surface area (Å²) < 4.78 is 48.4. The summed E-state index contributed by atoms with van der Waals surface area (Å²) >= 11 is 1.19. The van der Waals surface area contributed by atoms with E-state index in [2.05, 4.69) is 0 Å². The Kier molecular flexibility index (Phi) is 8.95. The van der Waals surface area contributed by atoms with Gasteiger partial charge >= 0.3 is 12.3 Å². The van der Waals surface area contributed by atoms with Crippen molar-refractivity contribution in [1.82, 2.24) is 9.80 Å². The number of hydrogen-bond acceptors (Lipinski definition) is 6. The minimum atomic E-state index is -4.79. The number of piperidine rings is 1. The van der Waals surface area contributed by atoms with Crippen molar-refractivity contribution in [3.8, 4) is 0 Å². The maximum Gasteiger partial charge on any atom is 0.417 e. The van der Waals surface area contributed by atoms with Crippen LogP contribution in [0, 0.1) is 0 Å². The third-order valence-corrected chi connectivity index (χ3v) is 9.38. The van der Waals surface area contributed by atoms with Crippen molar-refractivity contribution >= 4 is 35.4 Å². The molecule has 1 atom stereocenters. The van der Waals surface area contributed by atoms with E-state index in [0.717, 1.165) is 18.9 Å². The van der Waals surface area contributed by atoms with Crippen LogP contribution in [0.4, 0.5) is 23.7 Å². The minimum absolute atomic E-state index is 0.136. The number of hydrogen-bond donors (Lipinski definition) is 1. The molecule has 12 heteroatoms. The Balaban J connectivity index is 1.74. The number of likely N-dealkylation sites (tertiary alicyclic amines) is 1. The largest absolute Gasteiger partial charge is 0.444 e. The van der Waals surface area contributed by atoms with Gasteiger partial charge in [0.15, 0.2) is 0 Å². The van der Waals surface area contributed by atoms with Crippen molar-refractivity contribution in [2.45, 2.75) is 107 Å². The Bertz CT molecular complexity index is 1180. The van der Waals surface area contributed by atoms with Gasteiger partial charge in [-0.05, 0) is 72.4 Å². The van der Waals surface area contributed by atoms with Gasteiger partial charge in [-0.3, -0.25) is 9.59 Å². The minimum Gasteiger partial charge on any atom is -0.444 e. The van der Waals surface area contributed by atoms with Crippen molar-refractivity contribution in [2.75, 3.05) is 31.1 Å². The molecule has 0 bridgehead atoms. The molecule has 1 aromatic rings. The highest BCUT2D eigenvalue weighted by molar-refractivity contribution is 8.01. The maximum atomic E-state index is 14.6. The van der Waals surface area contributed by atoms with E-state index in [1.54, 1.807) is 34.6 Å². The fourth-order valence-corrected chi connectivity index (χ4v) is 7.69. The monoisotopic (exact) mass is 598 g/mol. The van der Waals surface area contributed by atoms with Crippen molar-refractivity contribution in [1.29, 1.82) is 0 Å². The Morgan fingerprint density at radius 1 is 1.17 bits per heavy atom. The first-order valence-corrected chi connectivity index (χ1v) is 15.2. The van der Waals surface area contributed by atoms with E-state index in [9.17, 15) is 27.6 Å². The molecule has 2 fully saturated rings. The van der Waals surface area contributed by atoms with Gasteiger partial charge in [0.1, 0.15) is 5.60 Å². The van der Waals surface area contributed by atoms with Crippen LogP contribution in [0.25, 0.3) is 0 Å². The summed E-state index contributed by atoms with van der Waals surface area (Å²) in [4.78, 5) is 45.3. The topological polar surface area (TPSA) is 96.2 Å². The van der Waals surface area contributed by atoms with E-state index in [-0.39, 0.29) is 25.5 Å². The molecule has 2 aliphatic heterocycles. The number of fused-ring (bicyclic) bond motifs is 1. The zero-order valence-corrected chi connectivity index (χ0v) is 25.3. The molecular weight excluding hydrogens is 557 g/mol. The van der Waals surface area contributed by atoms with Gasteiger partial charge in [-0.1, -0.05) is 12.8 Å². The molecule has 228 valence electrons. The molecule has 1 spiro atoms. The summed E-state index contributed by atoms with van der Waals surface area (Å²) in [5.41, 5.74) is 3.89. The van der Waals surface area contributed by atoms with Crippen molar-refractivity contribution < 1.29 is 32.3 Å². The first-order valence-electron chi connectivity index (χ1n) is 14.3. The predicted molar refractivity (Wildman–Crippen MR) is 152 cm³/mol. The second-order valence-electron chi connectivity index (χ2n) is 12.4. The number of rotatable bonds is 5. The van der Waals surface area contributed by atoms with Gasteiger partial charge in [0.25, 0.3) is 5.91 Å². The first kappa shape index (κ1) is 31.5. The molecule has 1 saturated carbocycles. The van der Waals surface area contributed by atoms with E-state index < -0.39 is 51.7 Å². The van der Waals surface area contributed by atoms with Crippen molar-refractivity contribution in [3.63, 3.8) is 0 Å². The number of ether oxygens (including phenoxy) is 1. The van der Waals surface area contributed by atoms with Gasteiger partial charge in [0, 0.05) is 37.1 Å². The lowest BCUT2D eigenvalue weighted by atomic mass is 9.97. The number of thioether (sulfide) groups is 1. The fourth-order valence-electron chi connectivity index (χ4n) is 6.13. The average molecular weight is 599 g/mol. The lowest BCUT2D eigenvalue weighted by Crippen LogP contribution is -2.54. The Labute approximate surface area is 244 Å². The molecule has 2 N–H and O–H groups in total. The Morgan fingerprint density at radius 2 is 1.83 bits per heavy atom. The second-order valence-corrected chi connectivity index (χ2v) is 13.9. The molecule has 0 aromatic heterocycles. The van der Waals surface area contributed by atoms with Crippen LogP contribution in [0.2, 0.25) is 0 Å². The molecule has 2 heterocycles. The summed E-state index contributed by atoms with van der Waals surface area (Å²) in [6.07, 6.45) is -1.35. The van der Waals surface area contributed by atoms with E-state index in [1.165, 1.54) is 32.5 Å². The van der Waals surface area contributed by atoms with Gasteiger partial charge in [-0.25, -0.2) is 4.79 Å². The van der Waals surface area contributed by atoms with Gasteiger partial charge in [0.05, 0.1) is 27.6 Å². The van der Waals surface area contributed by atoms with E-state index in [1.807, 2.05) is 0 Å². The van der Waals surface area contributed by atoms with Crippen LogP contribution in [0.3, 0.4) is 0 Å². The lowest BCUT2D eigenvalue weighted by Gasteiger charge is -2.42. The van der Waals surface area contributed by atoms with Crippen LogP contribution in [0.1, 0.15) is 89.1 Å². The van der Waals surface area contributed by atoms with Crippen LogP contribution in [0.5, 0.6) is 0 Å². The first-order chi connectivity index (χ1) is 19.1.